The minimum atomic E-state index is -1.69. The summed E-state index contributed by atoms with van der Waals surface area (Å²) >= 11 is 6.35. The molecule has 0 aliphatic heterocycles. The van der Waals surface area contributed by atoms with Crippen molar-refractivity contribution in [3.63, 3.8) is 0 Å². The molecule has 0 saturated heterocycles. The van der Waals surface area contributed by atoms with Crippen LogP contribution in [-0.2, 0) is 10.0 Å². The summed E-state index contributed by atoms with van der Waals surface area (Å²) in [6, 6.07) is 7.58. The van der Waals surface area contributed by atoms with Crippen LogP contribution in [0.2, 0.25) is 24.7 Å². The molecule has 0 aromatic heterocycles. The zero-order valence-electron chi connectivity index (χ0n) is 14.2. The maximum atomic E-state index is 11.4. The summed E-state index contributed by atoms with van der Waals surface area (Å²) in [6.07, 6.45) is 4.26. The molecule has 2 nitrogen and oxygen atoms in total. The van der Waals surface area contributed by atoms with Crippen LogP contribution in [0.15, 0.2) is 36.1 Å². The van der Waals surface area contributed by atoms with Crippen LogP contribution in [-0.4, -0.2) is 13.4 Å². The maximum absolute atomic E-state index is 11.4. The highest BCUT2D eigenvalue weighted by Gasteiger charge is 2.43. The van der Waals surface area contributed by atoms with Crippen molar-refractivity contribution in [1.29, 1.82) is 0 Å². The third-order valence-corrected chi connectivity index (χ3v) is 5.39. The molecule has 122 valence electrons. The van der Waals surface area contributed by atoms with Gasteiger partial charge in [0.15, 0.2) is 0 Å². The molecular formula is C18H27ClO2Si. The SMILES string of the molecule is CC1(C)CCC(O)(c2ccccc2Cl)/C(=C/O[Si](C)(C)C)C1. The summed E-state index contributed by atoms with van der Waals surface area (Å²) in [6.45, 7) is 10.9. The molecule has 1 aliphatic carbocycles. The lowest BCUT2D eigenvalue weighted by atomic mass is 9.66. The summed E-state index contributed by atoms with van der Waals surface area (Å²) < 4.78 is 5.99. The van der Waals surface area contributed by atoms with Crippen molar-refractivity contribution in [1.82, 2.24) is 0 Å². The van der Waals surface area contributed by atoms with Gasteiger partial charge in [-0.3, -0.25) is 0 Å². The average Bonchev–Trinajstić information content (AvgIpc) is 2.39. The Kier molecular flexibility index (Phi) is 4.81. The van der Waals surface area contributed by atoms with Crippen molar-refractivity contribution in [3.8, 4) is 0 Å². The van der Waals surface area contributed by atoms with Gasteiger partial charge in [-0.1, -0.05) is 43.6 Å². The van der Waals surface area contributed by atoms with Gasteiger partial charge in [-0.2, -0.15) is 0 Å². The molecule has 1 N–H and O–H groups in total. The summed E-state index contributed by atoms with van der Waals surface area (Å²) in [5, 5.41) is 12.0. The Balaban J connectivity index is 2.45. The number of benzene rings is 1. The van der Waals surface area contributed by atoms with E-state index in [2.05, 4.69) is 33.5 Å². The van der Waals surface area contributed by atoms with Gasteiger partial charge >= 0.3 is 0 Å². The lowest BCUT2D eigenvalue weighted by Crippen LogP contribution is -2.38. The highest BCUT2D eigenvalue weighted by atomic mass is 35.5. The van der Waals surface area contributed by atoms with E-state index in [0.29, 0.717) is 11.4 Å². The van der Waals surface area contributed by atoms with E-state index in [4.69, 9.17) is 16.0 Å². The van der Waals surface area contributed by atoms with E-state index >= 15 is 0 Å². The zero-order chi connectivity index (χ0) is 16.6. The van der Waals surface area contributed by atoms with Crippen molar-refractivity contribution in [3.05, 3.63) is 46.7 Å². The van der Waals surface area contributed by atoms with Crippen LogP contribution in [0.3, 0.4) is 0 Å². The first-order valence-electron chi connectivity index (χ1n) is 7.88. The van der Waals surface area contributed by atoms with Gasteiger partial charge in [-0.05, 0) is 56.0 Å². The predicted molar refractivity (Wildman–Crippen MR) is 95.5 cm³/mol. The first kappa shape index (κ1) is 17.6. The largest absolute Gasteiger partial charge is 0.550 e. The monoisotopic (exact) mass is 338 g/mol. The lowest BCUT2D eigenvalue weighted by Gasteiger charge is -2.43. The van der Waals surface area contributed by atoms with E-state index in [9.17, 15) is 5.11 Å². The number of hydrogen-bond acceptors (Lipinski definition) is 2. The first-order chi connectivity index (χ1) is 10.0. The summed E-state index contributed by atoms with van der Waals surface area (Å²) in [5.41, 5.74) is 0.882. The minimum Gasteiger partial charge on any atom is -0.550 e. The third kappa shape index (κ3) is 3.95. The highest BCUT2D eigenvalue weighted by molar-refractivity contribution is 6.69. The van der Waals surface area contributed by atoms with Crippen molar-refractivity contribution < 1.29 is 9.53 Å². The molecule has 1 atom stereocenters. The van der Waals surface area contributed by atoms with E-state index in [0.717, 1.165) is 24.0 Å². The van der Waals surface area contributed by atoms with Crippen LogP contribution < -0.4 is 0 Å². The molecule has 1 saturated carbocycles. The van der Waals surface area contributed by atoms with Crippen molar-refractivity contribution in [2.45, 2.75) is 58.4 Å². The molecule has 22 heavy (non-hydrogen) atoms. The Morgan fingerprint density at radius 3 is 2.41 bits per heavy atom. The van der Waals surface area contributed by atoms with Crippen LogP contribution in [0.25, 0.3) is 0 Å². The zero-order valence-corrected chi connectivity index (χ0v) is 16.0. The topological polar surface area (TPSA) is 29.5 Å². The van der Waals surface area contributed by atoms with Gasteiger partial charge in [0, 0.05) is 10.6 Å². The molecule has 0 spiro atoms. The molecule has 1 fully saturated rings. The number of halogens is 1. The molecular weight excluding hydrogens is 312 g/mol. The van der Waals surface area contributed by atoms with Gasteiger partial charge in [0.1, 0.15) is 5.60 Å². The smallest absolute Gasteiger partial charge is 0.241 e. The summed E-state index contributed by atoms with van der Waals surface area (Å²) in [4.78, 5) is 0. The standard InChI is InChI=1S/C18H27ClO2Si/c1-17(2)10-11-18(20,15-8-6-7-9-16(15)19)14(12-17)13-21-22(3,4)5/h6-9,13,20H,10-12H2,1-5H3/b14-13+. The van der Waals surface area contributed by atoms with Crippen LogP contribution >= 0.6 is 11.6 Å². The Morgan fingerprint density at radius 1 is 1.18 bits per heavy atom. The van der Waals surface area contributed by atoms with E-state index in [1.807, 2.05) is 30.5 Å². The predicted octanol–water partition coefficient (Wildman–Crippen LogP) is 5.47. The summed E-state index contributed by atoms with van der Waals surface area (Å²) in [7, 11) is -1.69. The van der Waals surface area contributed by atoms with E-state index < -0.39 is 13.9 Å². The van der Waals surface area contributed by atoms with Crippen molar-refractivity contribution >= 4 is 19.9 Å². The maximum Gasteiger partial charge on any atom is 0.241 e. The molecule has 2 rings (SSSR count). The van der Waals surface area contributed by atoms with Gasteiger partial charge in [0.05, 0.1) is 6.26 Å². The van der Waals surface area contributed by atoms with Gasteiger partial charge in [-0.15, -0.1) is 0 Å². The second-order valence-corrected chi connectivity index (χ2v) is 12.9. The fraction of sp³-hybridized carbons (Fsp3) is 0.556. The first-order valence-corrected chi connectivity index (χ1v) is 11.7. The van der Waals surface area contributed by atoms with E-state index in [1.54, 1.807) is 0 Å². The number of aliphatic hydroxyl groups is 1. The van der Waals surface area contributed by atoms with Crippen LogP contribution in [0.1, 0.15) is 38.7 Å². The van der Waals surface area contributed by atoms with Gasteiger partial charge in [0.2, 0.25) is 8.32 Å². The van der Waals surface area contributed by atoms with Gasteiger partial charge in [0.25, 0.3) is 0 Å². The average molecular weight is 339 g/mol. The van der Waals surface area contributed by atoms with Crippen LogP contribution in [0.5, 0.6) is 0 Å². The Bertz CT molecular complexity index is 575. The van der Waals surface area contributed by atoms with Gasteiger partial charge < -0.3 is 9.53 Å². The second-order valence-electron chi connectivity index (χ2n) is 8.05. The Morgan fingerprint density at radius 2 is 1.82 bits per heavy atom. The molecule has 1 aromatic rings. The molecule has 1 unspecified atom stereocenters. The third-order valence-electron chi connectivity index (χ3n) is 4.24. The quantitative estimate of drug-likeness (QED) is 0.584. The minimum absolute atomic E-state index is 0.169. The normalized spacial score (nSPS) is 27.0. The summed E-state index contributed by atoms with van der Waals surface area (Å²) in [5.74, 6) is 0. The highest BCUT2D eigenvalue weighted by Crippen LogP contribution is 2.50. The Labute approximate surface area is 140 Å². The molecule has 1 aromatic carbocycles. The van der Waals surface area contributed by atoms with Crippen LogP contribution in [0, 0.1) is 5.41 Å². The molecule has 4 heteroatoms. The second kappa shape index (κ2) is 6.03. The molecule has 0 heterocycles. The molecule has 1 aliphatic rings. The fourth-order valence-electron chi connectivity index (χ4n) is 2.92. The van der Waals surface area contributed by atoms with E-state index in [1.165, 1.54) is 0 Å². The van der Waals surface area contributed by atoms with Crippen LogP contribution in [0.4, 0.5) is 0 Å². The van der Waals surface area contributed by atoms with E-state index in [-0.39, 0.29) is 5.41 Å². The molecule has 0 amide bonds. The number of rotatable bonds is 3. The molecule has 0 bridgehead atoms. The fourth-order valence-corrected chi connectivity index (χ4v) is 3.71. The van der Waals surface area contributed by atoms with Crippen molar-refractivity contribution in [2.75, 3.05) is 0 Å². The molecule has 0 radical (unpaired) electrons. The lowest BCUT2D eigenvalue weighted by molar-refractivity contribution is 0.0185. The van der Waals surface area contributed by atoms with Crippen molar-refractivity contribution in [2.24, 2.45) is 5.41 Å². The van der Waals surface area contributed by atoms with Gasteiger partial charge in [-0.25, -0.2) is 0 Å². The number of hydrogen-bond donors (Lipinski definition) is 1. The Hall–Kier alpha value is -0.773.